The monoisotopic (exact) mass is 156 g/mol. The third kappa shape index (κ3) is 1.81. The van der Waals surface area contributed by atoms with Crippen LogP contribution in [0, 0.1) is 6.92 Å². The minimum Gasteiger partial charge on any atom is -0.260 e. The Kier molecular flexibility index (Phi) is 2.88. The molecule has 0 unspecified atom stereocenters. The lowest BCUT2D eigenvalue weighted by atomic mass is 10.2. The van der Waals surface area contributed by atoms with E-state index in [9.17, 15) is 0 Å². The zero-order chi connectivity index (χ0) is 7.40. The number of aryl methyl sites for hydroxylation is 2. The third-order valence-corrected chi connectivity index (χ3v) is 2.60. The molecule has 1 heterocycles. The number of unbranched alkanes of at least 4 members (excludes halogenated alkanes) is 1. The van der Waals surface area contributed by atoms with Gasteiger partial charge in [0, 0.05) is 13.6 Å². The molecule has 0 aliphatic rings. The first-order valence-corrected chi connectivity index (χ1v) is 4.60. The highest BCUT2D eigenvalue weighted by molar-refractivity contribution is 7.26. The molecule has 0 radical (unpaired) electrons. The summed E-state index contributed by atoms with van der Waals surface area (Å²) >= 11 is 0. The zero-order valence-electron chi connectivity index (χ0n) is 6.52. The maximum Gasteiger partial charge on any atom is 0.0671 e. The van der Waals surface area contributed by atoms with E-state index in [-0.39, 0.29) is 0 Å². The zero-order valence-corrected chi connectivity index (χ0v) is 7.41. The van der Waals surface area contributed by atoms with E-state index in [2.05, 4.69) is 23.8 Å². The molecule has 0 bridgehead atoms. The number of aromatic nitrogens is 2. The normalized spacial score (nSPS) is 11.0. The van der Waals surface area contributed by atoms with Crippen LogP contribution < -0.4 is 0 Å². The van der Waals surface area contributed by atoms with E-state index in [1.807, 2.05) is 0 Å². The fraction of sp³-hybridized carbons (Fsp3) is 0.714. The van der Waals surface area contributed by atoms with Gasteiger partial charge < -0.3 is 0 Å². The van der Waals surface area contributed by atoms with Crippen LogP contribution in [0.3, 0.4) is 0 Å². The SMILES string of the molecule is CCCCc1p[nH]nc1C. The second kappa shape index (κ2) is 3.72. The predicted octanol–water partition coefficient (Wildman–Crippen LogP) is 2.64. The molecule has 1 N–H and O–H groups in total. The molecule has 1 rings (SSSR count). The van der Waals surface area contributed by atoms with Gasteiger partial charge in [0.15, 0.2) is 0 Å². The first kappa shape index (κ1) is 7.74. The smallest absolute Gasteiger partial charge is 0.0671 e. The van der Waals surface area contributed by atoms with Crippen LogP contribution in [0.25, 0.3) is 0 Å². The molecule has 10 heavy (non-hydrogen) atoms. The van der Waals surface area contributed by atoms with E-state index in [0.717, 1.165) is 0 Å². The maximum absolute atomic E-state index is 4.09. The molecule has 1 aromatic rings. The second-order valence-electron chi connectivity index (χ2n) is 2.46. The Hall–Kier alpha value is -0.360. The third-order valence-electron chi connectivity index (χ3n) is 1.59. The Morgan fingerprint density at radius 1 is 1.60 bits per heavy atom. The van der Waals surface area contributed by atoms with E-state index in [1.165, 1.54) is 38.6 Å². The van der Waals surface area contributed by atoms with Crippen molar-refractivity contribution in [2.24, 2.45) is 0 Å². The first-order chi connectivity index (χ1) is 4.84. The molecule has 0 saturated carbocycles. The van der Waals surface area contributed by atoms with E-state index < -0.39 is 0 Å². The Morgan fingerprint density at radius 3 is 2.90 bits per heavy atom. The fourth-order valence-corrected chi connectivity index (χ4v) is 1.69. The summed E-state index contributed by atoms with van der Waals surface area (Å²) in [6.45, 7) is 4.28. The first-order valence-electron chi connectivity index (χ1n) is 3.71. The minimum atomic E-state index is 1.19. The lowest BCUT2D eigenvalue weighted by molar-refractivity contribution is 0.798. The van der Waals surface area contributed by atoms with E-state index in [1.54, 1.807) is 0 Å². The fourth-order valence-electron chi connectivity index (χ4n) is 0.887. The van der Waals surface area contributed by atoms with Crippen LogP contribution in [0.2, 0.25) is 0 Å². The van der Waals surface area contributed by atoms with E-state index in [0.29, 0.717) is 0 Å². The van der Waals surface area contributed by atoms with Gasteiger partial charge in [0.2, 0.25) is 0 Å². The summed E-state index contributed by atoms with van der Waals surface area (Å²) in [4.78, 5) is 2.95. The Morgan fingerprint density at radius 2 is 2.40 bits per heavy atom. The van der Waals surface area contributed by atoms with Crippen LogP contribution in [-0.4, -0.2) is 9.96 Å². The lowest BCUT2D eigenvalue weighted by Crippen LogP contribution is -1.82. The average molecular weight is 156 g/mol. The summed E-state index contributed by atoms with van der Waals surface area (Å²) in [5.41, 5.74) is 1.19. The molecule has 0 saturated heterocycles. The largest absolute Gasteiger partial charge is 0.260 e. The molecule has 0 fully saturated rings. The Bertz CT molecular complexity index is 195. The number of nitrogens with zero attached hydrogens (tertiary/aromatic N) is 1. The highest BCUT2D eigenvalue weighted by Crippen LogP contribution is 2.16. The van der Waals surface area contributed by atoms with Gasteiger partial charge >= 0.3 is 0 Å². The highest BCUT2D eigenvalue weighted by atomic mass is 31.0. The molecule has 0 aliphatic heterocycles. The molecule has 2 nitrogen and oxygen atoms in total. The molecule has 3 heteroatoms. The average Bonchev–Trinajstić information content (AvgIpc) is 2.31. The number of hydrogen-bond donors (Lipinski definition) is 1. The standard InChI is InChI=1S/C7H13N2P/c1-3-4-5-7-6(2)8-9-10-7/h3-5H2,1-2H3,(H,8,9). The van der Waals surface area contributed by atoms with Gasteiger partial charge in [0.25, 0.3) is 0 Å². The maximum atomic E-state index is 4.09. The molecule has 1 aromatic heterocycles. The van der Waals surface area contributed by atoms with Crippen LogP contribution in [-0.2, 0) is 6.42 Å². The highest BCUT2D eigenvalue weighted by Gasteiger charge is 1.98. The van der Waals surface area contributed by atoms with E-state index >= 15 is 0 Å². The van der Waals surface area contributed by atoms with Gasteiger partial charge in [-0.25, -0.2) is 0 Å². The molecular formula is C7H13N2P. The predicted molar refractivity (Wildman–Crippen MR) is 44.4 cm³/mol. The summed E-state index contributed by atoms with van der Waals surface area (Å²) in [7, 11) is 1.20. The number of rotatable bonds is 3. The Labute approximate surface area is 63.2 Å². The van der Waals surface area contributed by atoms with Crippen molar-refractivity contribution >= 4 is 8.35 Å². The quantitative estimate of drug-likeness (QED) is 0.716. The van der Waals surface area contributed by atoms with Crippen molar-refractivity contribution in [1.29, 1.82) is 0 Å². The van der Waals surface area contributed by atoms with Gasteiger partial charge in [0.05, 0.1) is 5.69 Å². The summed E-state index contributed by atoms with van der Waals surface area (Å²) in [5, 5.41) is 5.55. The minimum absolute atomic E-state index is 1.19. The number of H-pyrrole nitrogens is 1. The topological polar surface area (TPSA) is 28.7 Å². The van der Waals surface area contributed by atoms with Crippen molar-refractivity contribution in [3.05, 3.63) is 11.0 Å². The van der Waals surface area contributed by atoms with Crippen LogP contribution in [0.1, 0.15) is 30.8 Å². The van der Waals surface area contributed by atoms with Gasteiger partial charge in [-0.2, -0.15) is 5.10 Å². The number of hydrogen-bond acceptors (Lipinski definition) is 1. The number of aromatic amines is 1. The van der Waals surface area contributed by atoms with Crippen molar-refractivity contribution < 1.29 is 0 Å². The second-order valence-corrected chi connectivity index (χ2v) is 3.42. The van der Waals surface area contributed by atoms with Crippen molar-refractivity contribution in [2.45, 2.75) is 33.1 Å². The Balaban J connectivity index is 2.49. The van der Waals surface area contributed by atoms with Crippen LogP contribution >= 0.6 is 8.35 Å². The molecule has 0 amide bonds. The lowest BCUT2D eigenvalue weighted by Gasteiger charge is -1.92. The van der Waals surface area contributed by atoms with Crippen molar-refractivity contribution in [3.8, 4) is 0 Å². The van der Waals surface area contributed by atoms with Gasteiger partial charge in [-0.1, -0.05) is 13.3 Å². The van der Waals surface area contributed by atoms with Crippen LogP contribution in [0.15, 0.2) is 0 Å². The van der Waals surface area contributed by atoms with Crippen molar-refractivity contribution in [3.63, 3.8) is 0 Å². The van der Waals surface area contributed by atoms with E-state index in [4.69, 9.17) is 0 Å². The van der Waals surface area contributed by atoms with Gasteiger partial charge in [-0.15, -0.1) is 0 Å². The molecule has 0 atom stereocenters. The van der Waals surface area contributed by atoms with Crippen LogP contribution in [0.4, 0.5) is 0 Å². The van der Waals surface area contributed by atoms with Gasteiger partial charge in [-0.3, -0.25) is 4.86 Å². The summed E-state index contributed by atoms with van der Waals surface area (Å²) in [6.07, 6.45) is 3.77. The summed E-state index contributed by atoms with van der Waals surface area (Å²) in [6, 6.07) is 0. The molecule has 0 aliphatic carbocycles. The van der Waals surface area contributed by atoms with Gasteiger partial charge in [-0.05, 0) is 19.8 Å². The van der Waals surface area contributed by atoms with Gasteiger partial charge in [0.1, 0.15) is 0 Å². The molecule has 0 spiro atoms. The summed E-state index contributed by atoms with van der Waals surface area (Å²) in [5.74, 6) is 0. The summed E-state index contributed by atoms with van der Waals surface area (Å²) < 4.78 is 0. The van der Waals surface area contributed by atoms with Crippen molar-refractivity contribution in [2.75, 3.05) is 0 Å². The number of nitrogens with one attached hydrogen (secondary N) is 1. The molecule has 56 valence electrons. The van der Waals surface area contributed by atoms with Crippen LogP contribution in [0.5, 0.6) is 0 Å². The van der Waals surface area contributed by atoms with Crippen molar-refractivity contribution in [1.82, 2.24) is 9.96 Å². The molecular weight excluding hydrogens is 143 g/mol. The molecule has 0 aromatic carbocycles.